The fraction of sp³-hybridized carbons (Fsp3) is 1.00. The number of rotatable bonds is 2. The van der Waals surface area contributed by atoms with Crippen LogP contribution < -0.4 is 0 Å². The molecule has 0 aromatic rings. The lowest BCUT2D eigenvalue weighted by atomic mass is 10.2. The molecule has 1 saturated carbocycles. The number of hydrogen-bond acceptors (Lipinski definition) is 3. The van der Waals surface area contributed by atoms with Gasteiger partial charge in [0.1, 0.15) is 0 Å². The molecule has 0 radical (unpaired) electrons. The number of aliphatic hydroxyl groups is 1. The van der Waals surface area contributed by atoms with Gasteiger partial charge in [0.2, 0.25) is 0 Å². The number of aliphatic hydroxyl groups excluding tert-OH is 1. The first-order valence-corrected chi connectivity index (χ1v) is 6.22. The molecule has 2 fully saturated rings. The molecule has 1 saturated heterocycles. The van der Waals surface area contributed by atoms with Gasteiger partial charge in [-0.2, -0.15) is 11.8 Å². The van der Waals surface area contributed by atoms with Gasteiger partial charge >= 0.3 is 0 Å². The van der Waals surface area contributed by atoms with Crippen LogP contribution in [0.5, 0.6) is 0 Å². The summed E-state index contributed by atoms with van der Waals surface area (Å²) in [4.78, 5) is 0. The second-order valence-electron chi connectivity index (χ2n) is 3.98. The van der Waals surface area contributed by atoms with Crippen molar-refractivity contribution in [3.63, 3.8) is 0 Å². The van der Waals surface area contributed by atoms with Crippen LogP contribution in [0.1, 0.15) is 32.1 Å². The van der Waals surface area contributed by atoms with Crippen LogP contribution in [0.3, 0.4) is 0 Å². The molecule has 1 aliphatic heterocycles. The highest BCUT2D eigenvalue weighted by molar-refractivity contribution is 8.00. The van der Waals surface area contributed by atoms with Gasteiger partial charge in [-0.25, -0.2) is 0 Å². The van der Waals surface area contributed by atoms with Crippen molar-refractivity contribution in [3.05, 3.63) is 0 Å². The molecule has 0 aromatic heterocycles. The summed E-state index contributed by atoms with van der Waals surface area (Å²) in [5.74, 6) is 0. The summed E-state index contributed by atoms with van der Waals surface area (Å²) in [6, 6.07) is 0. The molecule has 2 aliphatic rings. The van der Waals surface area contributed by atoms with Crippen LogP contribution in [0.15, 0.2) is 0 Å². The van der Waals surface area contributed by atoms with E-state index in [-0.39, 0.29) is 6.10 Å². The molecule has 13 heavy (non-hydrogen) atoms. The van der Waals surface area contributed by atoms with Gasteiger partial charge in [0.25, 0.3) is 0 Å². The van der Waals surface area contributed by atoms with E-state index in [9.17, 15) is 5.11 Å². The van der Waals surface area contributed by atoms with E-state index in [1.807, 2.05) is 11.8 Å². The normalized spacial score (nSPS) is 36.7. The molecule has 0 amide bonds. The Kier molecular flexibility index (Phi) is 3.52. The van der Waals surface area contributed by atoms with Crippen molar-refractivity contribution in [2.24, 2.45) is 0 Å². The molecule has 0 unspecified atom stereocenters. The van der Waals surface area contributed by atoms with Gasteiger partial charge in [0.05, 0.1) is 6.10 Å². The van der Waals surface area contributed by atoms with Crippen molar-refractivity contribution in [2.75, 3.05) is 13.2 Å². The standard InChI is InChI=1S/C10H18O2S/c11-9-2-1-3-10(9)13-8-4-6-12-7-5-8/h8-11H,1-7H2/t9-,10-/m0/s1. The first kappa shape index (κ1) is 9.81. The van der Waals surface area contributed by atoms with E-state index in [1.54, 1.807) is 0 Å². The summed E-state index contributed by atoms with van der Waals surface area (Å²) >= 11 is 2.01. The molecule has 1 N–H and O–H groups in total. The molecular weight excluding hydrogens is 184 g/mol. The lowest BCUT2D eigenvalue weighted by molar-refractivity contribution is 0.0996. The van der Waals surface area contributed by atoms with Gasteiger partial charge in [-0.05, 0) is 32.1 Å². The predicted molar refractivity (Wildman–Crippen MR) is 55.1 cm³/mol. The highest BCUT2D eigenvalue weighted by Crippen LogP contribution is 2.35. The van der Waals surface area contributed by atoms with Crippen LogP contribution in [-0.2, 0) is 4.74 Å². The minimum absolute atomic E-state index is 0.0344. The Labute approximate surface area is 84.0 Å². The van der Waals surface area contributed by atoms with Crippen LogP contribution in [0.4, 0.5) is 0 Å². The summed E-state index contributed by atoms with van der Waals surface area (Å²) in [5.41, 5.74) is 0. The number of thioether (sulfide) groups is 1. The molecule has 1 aliphatic carbocycles. The largest absolute Gasteiger partial charge is 0.392 e. The Morgan fingerprint density at radius 1 is 1.08 bits per heavy atom. The van der Waals surface area contributed by atoms with Gasteiger partial charge in [-0.1, -0.05) is 0 Å². The van der Waals surface area contributed by atoms with Crippen molar-refractivity contribution in [2.45, 2.75) is 48.7 Å². The van der Waals surface area contributed by atoms with E-state index < -0.39 is 0 Å². The van der Waals surface area contributed by atoms with Gasteiger partial charge in [0, 0.05) is 23.7 Å². The van der Waals surface area contributed by atoms with Crippen molar-refractivity contribution < 1.29 is 9.84 Å². The van der Waals surface area contributed by atoms with Crippen LogP contribution in [-0.4, -0.2) is 34.9 Å². The summed E-state index contributed by atoms with van der Waals surface area (Å²) < 4.78 is 5.32. The van der Waals surface area contributed by atoms with E-state index >= 15 is 0 Å². The van der Waals surface area contributed by atoms with Crippen molar-refractivity contribution in [1.82, 2.24) is 0 Å². The third kappa shape index (κ3) is 2.61. The lowest BCUT2D eigenvalue weighted by Crippen LogP contribution is -2.24. The monoisotopic (exact) mass is 202 g/mol. The maximum absolute atomic E-state index is 9.67. The fourth-order valence-corrected chi connectivity index (χ4v) is 3.70. The molecule has 2 nitrogen and oxygen atoms in total. The summed E-state index contributed by atoms with van der Waals surface area (Å²) in [6.45, 7) is 1.83. The van der Waals surface area contributed by atoms with E-state index in [0.29, 0.717) is 5.25 Å². The second-order valence-corrected chi connectivity index (χ2v) is 5.53. The Hall–Kier alpha value is 0.270. The van der Waals surface area contributed by atoms with Crippen LogP contribution in [0, 0.1) is 0 Å². The van der Waals surface area contributed by atoms with Crippen molar-refractivity contribution in [1.29, 1.82) is 0 Å². The molecular formula is C10H18O2S. The lowest BCUT2D eigenvalue weighted by Gasteiger charge is -2.25. The summed E-state index contributed by atoms with van der Waals surface area (Å²) in [6.07, 6.45) is 5.75. The smallest absolute Gasteiger partial charge is 0.0658 e. The molecule has 0 spiro atoms. The first-order valence-electron chi connectivity index (χ1n) is 5.27. The third-order valence-corrected chi connectivity index (χ3v) is 4.71. The summed E-state index contributed by atoms with van der Waals surface area (Å²) in [5, 5.41) is 10.9. The van der Waals surface area contributed by atoms with Gasteiger partial charge in [0.15, 0.2) is 0 Å². The predicted octanol–water partition coefficient (Wildman–Crippen LogP) is 1.81. The molecule has 2 rings (SSSR count). The van der Waals surface area contributed by atoms with Crippen LogP contribution in [0.2, 0.25) is 0 Å². The SMILES string of the molecule is O[C@H]1CCC[C@@H]1SC1CCOCC1. The molecule has 0 aromatic carbocycles. The topological polar surface area (TPSA) is 29.5 Å². The average molecular weight is 202 g/mol. The molecule has 76 valence electrons. The van der Waals surface area contributed by atoms with E-state index in [4.69, 9.17) is 4.74 Å². The van der Waals surface area contributed by atoms with E-state index in [0.717, 1.165) is 24.9 Å². The Balaban J connectivity index is 1.75. The van der Waals surface area contributed by atoms with E-state index in [1.165, 1.54) is 25.7 Å². The molecule has 3 heteroatoms. The highest BCUT2D eigenvalue weighted by atomic mass is 32.2. The first-order chi connectivity index (χ1) is 6.36. The zero-order valence-electron chi connectivity index (χ0n) is 7.95. The third-order valence-electron chi connectivity index (χ3n) is 2.95. The molecule has 0 bridgehead atoms. The van der Waals surface area contributed by atoms with E-state index in [2.05, 4.69) is 0 Å². The maximum Gasteiger partial charge on any atom is 0.0658 e. The minimum atomic E-state index is -0.0344. The summed E-state index contributed by atoms with van der Waals surface area (Å²) in [7, 11) is 0. The zero-order chi connectivity index (χ0) is 9.10. The van der Waals surface area contributed by atoms with Crippen LogP contribution in [0.25, 0.3) is 0 Å². The second kappa shape index (κ2) is 4.67. The quantitative estimate of drug-likeness (QED) is 0.740. The minimum Gasteiger partial charge on any atom is -0.392 e. The fourth-order valence-electron chi connectivity index (χ4n) is 2.12. The maximum atomic E-state index is 9.67. The Morgan fingerprint density at radius 2 is 1.85 bits per heavy atom. The van der Waals surface area contributed by atoms with Gasteiger partial charge < -0.3 is 9.84 Å². The highest BCUT2D eigenvalue weighted by Gasteiger charge is 2.28. The number of ether oxygens (including phenoxy) is 1. The average Bonchev–Trinajstić information content (AvgIpc) is 2.54. The Bertz CT molecular complexity index is 157. The van der Waals surface area contributed by atoms with Gasteiger partial charge in [-0.15, -0.1) is 0 Å². The Morgan fingerprint density at radius 3 is 2.46 bits per heavy atom. The number of hydrogen-bond donors (Lipinski definition) is 1. The zero-order valence-corrected chi connectivity index (χ0v) is 8.76. The van der Waals surface area contributed by atoms with Crippen molar-refractivity contribution >= 4 is 11.8 Å². The molecule has 2 atom stereocenters. The molecule has 1 heterocycles. The van der Waals surface area contributed by atoms with Crippen LogP contribution >= 0.6 is 11.8 Å². The van der Waals surface area contributed by atoms with Gasteiger partial charge in [-0.3, -0.25) is 0 Å². The van der Waals surface area contributed by atoms with Crippen molar-refractivity contribution in [3.8, 4) is 0 Å².